The number of aryl methyl sites for hydroxylation is 2. The van der Waals surface area contributed by atoms with Crippen molar-refractivity contribution in [1.82, 2.24) is 10.2 Å². The van der Waals surface area contributed by atoms with Gasteiger partial charge in [-0.25, -0.2) is 0 Å². The first kappa shape index (κ1) is 26.0. The monoisotopic (exact) mass is 462 g/mol. The third kappa shape index (κ3) is 7.44. The summed E-state index contributed by atoms with van der Waals surface area (Å²) in [5, 5.41) is 3.26. The van der Waals surface area contributed by atoms with E-state index in [1.807, 2.05) is 11.8 Å². The highest BCUT2D eigenvalue weighted by Crippen LogP contribution is 2.20. The molecule has 1 aliphatic carbocycles. The molecule has 0 bridgehead atoms. The first-order valence-electron chi connectivity index (χ1n) is 13.1. The van der Waals surface area contributed by atoms with Crippen molar-refractivity contribution < 1.29 is 9.59 Å². The van der Waals surface area contributed by atoms with Gasteiger partial charge in [0.1, 0.15) is 6.04 Å². The zero-order chi connectivity index (χ0) is 24.5. The lowest BCUT2D eigenvalue weighted by Crippen LogP contribution is -2.51. The van der Waals surface area contributed by atoms with Gasteiger partial charge in [-0.2, -0.15) is 0 Å². The van der Waals surface area contributed by atoms with Crippen molar-refractivity contribution >= 4 is 11.8 Å². The molecule has 0 aromatic heterocycles. The molecule has 2 aromatic rings. The minimum absolute atomic E-state index is 0.00357. The maximum atomic E-state index is 13.5. The van der Waals surface area contributed by atoms with Crippen molar-refractivity contribution in [2.75, 3.05) is 0 Å². The molecule has 4 heteroatoms. The van der Waals surface area contributed by atoms with E-state index in [1.165, 1.54) is 30.4 Å². The molecule has 2 amide bonds. The Bertz CT molecular complexity index is 912. The summed E-state index contributed by atoms with van der Waals surface area (Å²) in [6.07, 6.45) is 7.37. The maximum absolute atomic E-state index is 13.5. The second kappa shape index (κ2) is 12.7. The molecule has 0 radical (unpaired) electrons. The van der Waals surface area contributed by atoms with Crippen LogP contribution < -0.4 is 5.32 Å². The van der Waals surface area contributed by atoms with Gasteiger partial charge in [-0.3, -0.25) is 9.59 Å². The zero-order valence-electron chi connectivity index (χ0n) is 21.5. The number of nitrogens with zero attached hydrogens (tertiary/aromatic N) is 1. The third-order valence-electron chi connectivity index (χ3n) is 7.08. The van der Waals surface area contributed by atoms with E-state index >= 15 is 0 Å². The van der Waals surface area contributed by atoms with Crippen LogP contribution in [0.4, 0.5) is 0 Å². The van der Waals surface area contributed by atoms with Crippen LogP contribution in [0.1, 0.15) is 93.9 Å². The Labute approximate surface area is 206 Å². The second-order valence-electron chi connectivity index (χ2n) is 10.2. The van der Waals surface area contributed by atoms with Crippen LogP contribution in [-0.4, -0.2) is 28.8 Å². The summed E-state index contributed by atoms with van der Waals surface area (Å²) in [5.41, 5.74) is 4.71. The summed E-state index contributed by atoms with van der Waals surface area (Å²) in [7, 11) is 0. The normalized spacial score (nSPS) is 15.2. The van der Waals surface area contributed by atoms with Crippen molar-refractivity contribution in [1.29, 1.82) is 0 Å². The van der Waals surface area contributed by atoms with Crippen molar-refractivity contribution in [2.24, 2.45) is 0 Å². The maximum Gasteiger partial charge on any atom is 0.243 e. The number of carbonyl (C=O) groups is 2. The van der Waals surface area contributed by atoms with Gasteiger partial charge in [-0.15, -0.1) is 0 Å². The number of rotatable bonds is 10. The van der Waals surface area contributed by atoms with Gasteiger partial charge >= 0.3 is 0 Å². The van der Waals surface area contributed by atoms with E-state index in [-0.39, 0.29) is 17.9 Å². The number of carbonyl (C=O) groups excluding carboxylic acids is 2. The molecule has 3 rings (SSSR count). The van der Waals surface area contributed by atoms with E-state index in [4.69, 9.17) is 0 Å². The molecule has 1 unspecified atom stereocenters. The highest BCUT2D eigenvalue weighted by Gasteiger charge is 2.30. The van der Waals surface area contributed by atoms with Gasteiger partial charge in [0.05, 0.1) is 0 Å². The molecular formula is C30H42N2O2. The minimum Gasteiger partial charge on any atom is -0.352 e. The molecule has 1 N–H and O–H groups in total. The molecule has 184 valence electrons. The molecule has 34 heavy (non-hydrogen) atoms. The average Bonchev–Trinajstić information content (AvgIpc) is 2.84. The van der Waals surface area contributed by atoms with Crippen LogP contribution in [0.5, 0.6) is 0 Å². The van der Waals surface area contributed by atoms with Gasteiger partial charge in [0, 0.05) is 19.0 Å². The highest BCUT2D eigenvalue weighted by molar-refractivity contribution is 5.88. The summed E-state index contributed by atoms with van der Waals surface area (Å²) in [6, 6.07) is 16.6. The Morgan fingerprint density at radius 3 is 2.15 bits per heavy atom. The molecule has 2 aromatic carbocycles. The lowest BCUT2D eigenvalue weighted by atomic mass is 9.95. The molecule has 0 spiro atoms. The van der Waals surface area contributed by atoms with Crippen LogP contribution in [0, 0.1) is 6.92 Å². The summed E-state index contributed by atoms with van der Waals surface area (Å²) in [5.74, 6) is 0.531. The van der Waals surface area contributed by atoms with Crippen molar-refractivity contribution in [3.63, 3.8) is 0 Å². The third-order valence-corrected chi connectivity index (χ3v) is 7.08. The SMILES string of the molecule is CCC(C(=O)NC1CCCCC1)N(Cc1ccc(C)cc1)C(=O)CCc1ccc(C(C)C)cc1. The number of nitrogens with one attached hydrogen (secondary N) is 1. The van der Waals surface area contributed by atoms with Crippen LogP contribution in [0.15, 0.2) is 48.5 Å². The standard InChI is InChI=1S/C30H42N2O2/c1-5-28(30(34)31-27-9-7-6-8-10-27)32(21-25-13-11-23(4)12-14-25)29(33)20-17-24-15-18-26(19-16-24)22(2)3/h11-16,18-19,22,27-28H,5-10,17,20-21H2,1-4H3,(H,31,34). The van der Waals surface area contributed by atoms with Gasteiger partial charge in [-0.1, -0.05) is 94.1 Å². The van der Waals surface area contributed by atoms with Crippen LogP contribution in [0.25, 0.3) is 0 Å². The molecule has 1 aliphatic rings. The number of hydrogen-bond acceptors (Lipinski definition) is 2. The summed E-state index contributed by atoms with van der Waals surface area (Å²) in [6.45, 7) is 8.90. The van der Waals surface area contributed by atoms with Gasteiger partial charge in [0.15, 0.2) is 0 Å². The van der Waals surface area contributed by atoms with Gasteiger partial charge in [-0.05, 0) is 55.2 Å². The number of amides is 2. The van der Waals surface area contributed by atoms with Crippen molar-refractivity contribution in [3.8, 4) is 0 Å². The number of hydrogen-bond donors (Lipinski definition) is 1. The van der Waals surface area contributed by atoms with Gasteiger partial charge in [0.2, 0.25) is 11.8 Å². The smallest absolute Gasteiger partial charge is 0.243 e. The van der Waals surface area contributed by atoms with E-state index in [0.29, 0.717) is 31.7 Å². The molecule has 1 atom stereocenters. The van der Waals surface area contributed by atoms with E-state index in [0.717, 1.165) is 24.0 Å². The van der Waals surface area contributed by atoms with E-state index in [2.05, 4.69) is 74.6 Å². The first-order valence-corrected chi connectivity index (χ1v) is 13.1. The van der Waals surface area contributed by atoms with Crippen LogP contribution >= 0.6 is 0 Å². The average molecular weight is 463 g/mol. The van der Waals surface area contributed by atoms with E-state index < -0.39 is 6.04 Å². The zero-order valence-corrected chi connectivity index (χ0v) is 21.5. The van der Waals surface area contributed by atoms with Crippen LogP contribution in [0.3, 0.4) is 0 Å². The summed E-state index contributed by atoms with van der Waals surface area (Å²) < 4.78 is 0. The molecule has 1 saturated carbocycles. The first-order chi connectivity index (χ1) is 16.4. The summed E-state index contributed by atoms with van der Waals surface area (Å²) in [4.78, 5) is 28.6. The van der Waals surface area contributed by atoms with Crippen molar-refractivity contribution in [2.45, 2.75) is 104 Å². The molecule has 0 heterocycles. The van der Waals surface area contributed by atoms with E-state index in [1.54, 1.807) is 0 Å². The Balaban J connectivity index is 1.73. The van der Waals surface area contributed by atoms with E-state index in [9.17, 15) is 9.59 Å². The quantitative estimate of drug-likeness (QED) is 0.450. The molecule has 0 saturated heterocycles. The lowest BCUT2D eigenvalue weighted by Gasteiger charge is -2.33. The largest absolute Gasteiger partial charge is 0.352 e. The summed E-state index contributed by atoms with van der Waals surface area (Å²) >= 11 is 0. The molecule has 0 aliphatic heterocycles. The van der Waals surface area contributed by atoms with Crippen LogP contribution in [-0.2, 0) is 22.6 Å². The Morgan fingerprint density at radius 1 is 0.941 bits per heavy atom. The van der Waals surface area contributed by atoms with Gasteiger partial charge in [0.25, 0.3) is 0 Å². The second-order valence-corrected chi connectivity index (χ2v) is 10.2. The minimum atomic E-state index is -0.445. The fraction of sp³-hybridized carbons (Fsp3) is 0.533. The Kier molecular flexibility index (Phi) is 9.74. The van der Waals surface area contributed by atoms with Crippen LogP contribution in [0.2, 0.25) is 0 Å². The fourth-order valence-electron chi connectivity index (χ4n) is 4.82. The van der Waals surface area contributed by atoms with Gasteiger partial charge < -0.3 is 10.2 Å². The Hall–Kier alpha value is -2.62. The predicted molar refractivity (Wildman–Crippen MR) is 140 cm³/mol. The molecular weight excluding hydrogens is 420 g/mol. The fourth-order valence-corrected chi connectivity index (χ4v) is 4.82. The molecule has 1 fully saturated rings. The highest BCUT2D eigenvalue weighted by atomic mass is 16.2. The molecule has 4 nitrogen and oxygen atoms in total. The topological polar surface area (TPSA) is 49.4 Å². The van der Waals surface area contributed by atoms with Crippen molar-refractivity contribution in [3.05, 3.63) is 70.8 Å². The predicted octanol–water partition coefficient (Wildman–Crippen LogP) is 6.31. The Morgan fingerprint density at radius 2 is 1.56 bits per heavy atom. The lowest BCUT2D eigenvalue weighted by molar-refractivity contribution is -0.141. The number of benzene rings is 2.